The van der Waals surface area contributed by atoms with Crippen LogP contribution in [0.5, 0.6) is 0 Å². The molecule has 2 aromatic rings. The fourth-order valence-corrected chi connectivity index (χ4v) is 1.58. The molecule has 2 heterocycles. The van der Waals surface area contributed by atoms with Gasteiger partial charge in [-0.1, -0.05) is 6.92 Å². The first-order valence-electron chi connectivity index (χ1n) is 5.31. The molecule has 0 radical (unpaired) electrons. The van der Waals surface area contributed by atoms with Crippen molar-refractivity contribution in [1.82, 2.24) is 25.1 Å². The molecular formula is C11H15N5. The Balaban J connectivity index is 2.31. The summed E-state index contributed by atoms with van der Waals surface area (Å²) in [5.74, 6) is 0.753. The molecule has 2 rings (SSSR count). The van der Waals surface area contributed by atoms with Crippen LogP contribution in [-0.2, 0) is 7.05 Å². The Labute approximate surface area is 94.5 Å². The highest BCUT2D eigenvalue weighted by Gasteiger charge is 2.17. The molecule has 0 amide bonds. The van der Waals surface area contributed by atoms with Crippen molar-refractivity contribution in [2.75, 3.05) is 6.54 Å². The summed E-state index contributed by atoms with van der Waals surface area (Å²) < 4.78 is 1.78. The molecular weight excluding hydrogens is 202 g/mol. The van der Waals surface area contributed by atoms with Gasteiger partial charge in [-0.2, -0.15) is 5.10 Å². The Morgan fingerprint density at radius 2 is 2.12 bits per heavy atom. The molecule has 5 heteroatoms. The molecule has 0 aliphatic carbocycles. The number of aryl methyl sites for hydroxylation is 1. The summed E-state index contributed by atoms with van der Waals surface area (Å²) in [6, 6.07) is 3.75. The second kappa shape index (κ2) is 4.85. The van der Waals surface area contributed by atoms with Crippen molar-refractivity contribution in [3.05, 3.63) is 42.2 Å². The number of nitrogens with zero attached hydrogens (tertiary/aromatic N) is 4. The summed E-state index contributed by atoms with van der Waals surface area (Å²) in [7, 11) is 1.90. The van der Waals surface area contributed by atoms with Gasteiger partial charge in [0.05, 0.1) is 5.69 Å². The monoisotopic (exact) mass is 217 g/mol. The summed E-state index contributed by atoms with van der Waals surface area (Å²) in [5, 5.41) is 7.71. The van der Waals surface area contributed by atoms with Gasteiger partial charge in [-0.15, -0.1) is 0 Å². The van der Waals surface area contributed by atoms with Crippen molar-refractivity contribution in [3.63, 3.8) is 0 Å². The van der Waals surface area contributed by atoms with Crippen LogP contribution >= 0.6 is 0 Å². The molecule has 84 valence electrons. The molecule has 16 heavy (non-hydrogen) atoms. The summed E-state index contributed by atoms with van der Waals surface area (Å²) in [6.07, 6.45) is 5.41. The Hall–Kier alpha value is -1.75. The zero-order valence-electron chi connectivity index (χ0n) is 9.46. The quantitative estimate of drug-likeness (QED) is 0.827. The summed E-state index contributed by atoms with van der Waals surface area (Å²) in [6.45, 7) is 2.90. The number of rotatable bonds is 4. The Morgan fingerprint density at radius 1 is 1.38 bits per heavy atom. The maximum atomic E-state index is 4.38. The molecule has 5 nitrogen and oxygen atoms in total. The van der Waals surface area contributed by atoms with E-state index in [0.29, 0.717) is 0 Å². The number of hydrogen-bond acceptors (Lipinski definition) is 4. The Kier molecular flexibility index (Phi) is 3.26. The van der Waals surface area contributed by atoms with Crippen LogP contribution < -0.4 is 5.32 Å². The van der Waals surface area contributed by atoms with E-state index in [1.54, 1.807) is 17.1 Å². The summed E-state index contributed by atoms with van der Waals surface area (Å²) >= 11 is 0. The maximum Gasteiger partial charge on any atom is 0.151 e. The average molecular weight is 217 g/mol. The molecule has 1 unspecified atom stereocenters. The molecule has 1 N–H and O–H groups in total. The lowest BCUT2D eigenvalue weighted by Gasteiger charge is -2.13. The Morgan fingerprint density at radius 3 is 2.69 bits per heavy atom. The molecule has 0 bridgehead atoms. The Bertz CT molecular complexity index is 437. The van der Waals surface area contributed by atoms with Crippen molar-refractivity contribution in [3.8, 4) is 0 Å². The van der Waals surface area contributed by atoms with E-state index in [1.165, 1.54) is 0 Å². The van der Waals surface area contributed by atoms with E-state index in [-0.39, 0.29) is 6.04 Å². The third-order valence-corrected chi connectivity index (χ3v) is 2.28. The molecule has 2 aromatic heterocycles. The van der Waals surface area contributed by atoms with Crippen LogP contribution in [0, 0.1) is 0 Å². The third kappa shape index (κ3) is 2.25. The van der Waals surface area contributed by atoms with Crippen molar-refractivity contribution in [2.24, 2.45) is 7.05 Å². The standard InChI is InChI=1S/C11H15N5/c1-3-12-10(9-5-8-16(2)15-9)11-13-6-4-7-14-11/h4-8,10,12H,3H2,1-2H3. The van der Waals surface area contributed by atoms with E-state index in [0.717, 1.165) is 18.1 Å². The van der Waals surface area contributed by atoms with Gasteiger partial charge < -0.3 is 5.32 Å². The number of nitrogens with one attached hydrogen (secondary N) is 1. The van der Waals surface area contributed by atoms with Gasteiger partial charge >= 0.3 is 0 Å². The van der Waals surface area contributed by atoms with E-state index in [1.807, 2.05) is 25.4 Å². The SMILES string of the molecule is CCNC(c1ccn(C)n1)c1ncccn1. The fourth-order valence-electron chi connectivity index (χ4n) is 1.58. The highest BCUT2D eigenvalue weighted by molar-refractivity contribution is 5.15. The number of aromatic nitrogens is 4. The van der Waals surface area contributed by atoms with Gasteiger partial charge in [-0.05, 0) is 18.7 Å². The van der Waals surface area contributed by atoms with Crippen molar-refractivity contribution < 1.29 is 0 Å². The lowest BCUT2D eigenvalue weighted by molar-refractivity contribution is 0.572. The first-order chi connectivity index (χ1) is 7.81. The van der Waals surface area contributed by atoms with Crippen LogP contribution in [0.1, 0.15) is 24.5 Å². The highest BCUT2D eigenvalue weighted by Crippen LogP contribution is 2.15. The molecule has 0 aromatic carbocycles. The van der Waals surface area contributed by atoms with Gasteiger partial charge in [-0.3, -0.25) is 4.68 Å². The van der Waals surface area contributed by atoms with Gasteiger partial charge in [-0.25, -0.2) is 9.97 Å². The van der Waals surface area contributed by atoms with Crippen LogP contribution in [0.4, 0.5) is 0 Å². The molecule has 0 saturated heterocycles. The number of hydrogen-bond donors (Lipinski definition) is 1. The van der Waals surface area contributed by atoms with E-state index >= 15 is 0 Å². The van der Waals surface area contributed by atoms with Crippen LogP contribution in [0.3, 0.4) is 0 Å². The summed E-state index contributed by atoms with van der Waals surface area (Å²) in [4.78, 5) is 8.52. The van der Waals surface area contributed by atoms with Gasteiger partial charge in [0.25, 0.3) is 0 Å². The molecule has 0 fully saturated rings. The van der Waals surface area contributed by atoms with Crippen LogP contribution in [0.2, 0.25) is 0 Å². The zero-order chi connectivity index (χ0) is 11.4. The molecule has 0 saturated carbocycles. The first-order valence-corrected chi connectivity index (χ1v) is 5.31. The highest BCUT2D eigenvalue weighted by atomic mass is 15.3. The second-order valence-corrected chi connectivity index (χ2v) is 3.51. The van der Waals surface area contributed by atoms with Crippen LogP contribution in [-0.4, -0.2) is 26.3 Å². The maximum absolute atomic E-state index is 4.38. The second-order valence-electron chi connectivity index (χ2n) is 3.51. The van der Waals surface area contributed by atoms with Gasteiger partial charge in [0, 0.05) is 25.6 Å². The third-order valence-electron chi connectivity index (χ3n) is 2.28. The van der Waals surface area contributed by atoms with Crippen LogP contribution in [0.15, 0.2) is 30.7 Å². The largest absolute Gasteiger partial charge is 0.303 e. The summed E-state index contributed by atoms with van der Waals surface area (Å²) in [5.41, 5.74) is 0.940. The minimum absolute atomic E-state index is 0.0348. The van der Waals surface area contributed by atoms with Gasteiger partial charge in [0.2, 0.25) is 0 Å². The average Bonchev–Trinajstić information content (AvgIpc) is 2.74. The lowest BCUT2D eigenvalue weighted by atomic mass is 10.2. The molecule has 1 atom stereocenters. The minimum Gasteiger partial charge on any atom is -0.303 e. The van der Waals surface area contributed by atoms with E-state index in [2.05, 4.69) is 27.3 Å². The van der Waals surface area contributed by atoms with Gasteiger partial charge in [0.15, 0.2) is 5.82 Å². The molecule has 0 aliphatic rings. The van der Waals surface area contributed by atoms with Gasteiger partial charge in [0.1, 0.15) is 6.04 Å². The van der Waals surface area contributed by atoms with E-state index < -0.39 is 0 Å². The van der Waals surface area contributed by atoms with Crippen molar-refractivity contribution >= 4 is 0 Å². The van der Waals surface area contributed by atoms with Crippen LogP contribution in [0.25, 0.3) is 0 Å². The van der Waals surface area contributed by atoms with E-state index in [9.17, 15) is 0 Å². The first kappa shape index (κ1) is 10.8. The topological polar surface area (TPSA) is 55.6 Å². The van der Waals surface area contributed by atoms with E-state index in [4.69, 9.17) is 0 Å². The van der Waals surface area contributed by atoms with Crippen molar-refractivity contribution in [1.29, 1.82) is 0 Å². The van der Waals surface area contributed by atoms with Crippen molar-refractivity contribution in [2.45, 2.75) is 13.0 Å². The fraction of sp³-hybridized carbons (Fsp3) is 0.364. The predicted molar refractivity (Wildman–Crippen MR) is 60.8 cm³/mol. The lowest BCUT2D eigenvalue weighted by Crippen LogP contribution is -2.24. The normalized spacial score (nSPS) is 12.6. The zero-order valence-corrected chi connectivity index (χ0v) is 9.46. The smallest absolute Gasteiger partial charge is 0.151 e. The predicted octanol–water partition coefficient (Wildman–Crippen LogP) is 0.909. The molecule has 0 spiro atoms. The molecule has 0 aliphatic heterocycles. The minimum atomic E-state index is -0.0348.